The van der Waals surface area contributed by atoms with Crippen molar-refractivity contribution in [3.8, 4) is 0 Å². The summed E-state index contributed by atoms with van der Waals surface area (Å²) < 4.78 is 12.9. The lowest BCUT2D eigenvalue weighted by atomic mass is 10.3. The predicted molar refractivity (Wildman–Crippen MR) is 76.5 cm³/mol. The Hall–Kier alpha value is -0.126. The minimum atomic E-state index is -1.60. The molecule has 90 valence electrons. The molecule has 0 aliphatic heterocycles. The maximum absolute atomic E-state index is 12.9. The Morgan fingerprint density at radius 3 is 1.94 bits per heavy atom. The Morgan fingerprint density at radius 2 is 1.56 bits per heavy atom. The van der Waals surface area contributed by atoms with Crippen molar-refractivity contribution < 1.29 is 4.39 Å². The first-order valence-corrected chi connectivity index (χ1v) is 12.7. The zero-order valence-corrected chi connectivity index (χ0v) is 13.2. The summed E-state index contributed by atoms with van der Waals surface area (Å²) in [4.78, 5) is 0. The van der Waals surface area contributed by atoms with E-state index in [1.165, 1.54) is 10.9 Å². The minimum Gasteiger partial charge on any atom is -0.207 e. The zero-order chi connectivity index (χ0) is 12.4. The fraction of sp³-hybridized carbons (Fsp3) is 0.500. The lowest BCUT2D eigenvalue weighted by Crippen LogP contribution is -2.52. The number of hydrogen-bond donors (Lipinski definition) is 0. The van der Waals surface area contributed by atoms with E-state index >= 15 is 0 Å². The second kappa shape index (κ2) is 5.02. The molecular weight excluding hydrogens is 255 g/mol. The molecule has 0 saturated carbocycles. The van der Waals surface area contributed by atoms with Gasteiger partial charge < -0.3 is 0 Å². The van der Waals surface area contributed by atoms with Gasteiger partial charge in [-0.3, -0.25) is 0 Å². The molecule has 0 aliphatic carbocycles. The van der Waals surface area contributed by atoms with Crippen LogP contribution in [0.25, 0.3) is 0 Å². The van der Waals surface area contributed by atoms with Crippen LogP contribution in [0.2, 0.25) is 31.9 Å². The zero-order valence-electron chi connectivity index (χ0n) is 10.5. The third-order valence-electron chi connectivity index (χ3n) is 2.76. The quantitative estimate of drug-likeness (QED) is 0.579. The first-order chi connectivity index (χ1) is 7.27. The summed E-state index contributed by atoms with van der Waals surface area (Å²) in [5.74, 6) is -0.164. The van der Waals surface area contributed by atoms with Crippen LogP contribution in [-0.4, -0.2) is 21.7 Å². The van der Waals surface area contributed by atoms with Crippen LogP contribution in [0.1, 0.15) is 0 Å². The molecule has 0 saturated heterocycles. The van der Waals surface area contributed by atoms with Crippen LogP contribution < -0.4 is 5.19 Å². The highest BCUT2D eigenvalue weighted by Crippen LogP contribution is 2.21. The second-order valence-electron chi connectivity index (χ2n) is 5.94. The van der Waals surface area contributed by atoms with Gasteiger partial charge in [-0.15, -0.1) is 11.6 Å². The smallest absolute Gasteiger partial charge is 0.123 e. The molecule has 16 heavy (non-hydrogen) atoms. The van der Waals surface area contributed by atoms with Gasteiger partial charge in [-0.05, 0) is 12.1 Å². The van der Waals surface area contributed by atoms with Crippen LogP contribution in [-0.2, 0) is 0 Å². The fourth-order valence-corrected chi connectivity index (χ4v) is 15.2. The van der Waals surface area contributed by atoms with Crippen molar-refractivity contribution in [3.05, 3.63) is 30.1 Å². The molecule has 0 bridgehead atoms. The molecule has 0 heterocycles. The van der Waals surface area contributed by atoms with E-state index in [4.69, 9.17) is 11.6 Å². The van der Waals surface area contributed by atoms with Crippen molar-refractivity contribution >= 4 is 32.9 Å². The van der Waals surface area contributed by atoms with Gasteiger partial charge >= 0.3 is 0 Å². The van der Waals surface area contributed by atoms with E-state index in [1.54, 1.807) is 12.1 Å². The number of benzene rings is 1. The molecule has 0 spiro atoms. The second-order valence-corrected chi connectivity index (χ2v) is 17.2. The number of rotatable bonds is 4. The summed E-state index contributed by atoms with van der Waals surface area (Å²) in [6.07, 6.45) is 0. The van der Waals surface area contributed by atoms with E-state index in [2.05, 4.69) is 26.2 Å². The summed E-state index contributed by atoms with van der Waals surface area (Å²) in [5.41, 5.74) is 1.98. The lowest BCUT2D eigenvalue weighted by Gasteiger charge is -2.31. The molecule has 0 nitrogen and oxygen atoms in total. The summed E-state index contributed by atoms with van der Waals surface area (Å²) in [7, 11) is -2.72. The lowest BCUT2D eigenvalue weighted by molar-refractivity contribution is 0.628. The van der Waals surface area contributed by atoms with Crippen LogP contribution in [0.5, 0.6) is 0 Å². The third-order valence-corrected chi connectivity index (χ3v) is 14.2. The van der Waals surface area contributed by atoms with Gasteiger partial charge in [0.05, 0.1) is 8.07 Å². The van der Waals surface area contributed by atoms with Gasteiger partial charge in [0, 0.05) is 13.6 Å². The van der Waals surface area contributed by atoms with Crippen molar-refractivity contribution in [1.82, 2.24) is 0 Å². The molecule has 4 heteroatoms. The van der Waals surface area contributed by atoms with E-state index in [9.17, 15) is 4.39 Å². The normalized spacial score (nSPS) is 15.9. The van der Waals surface area contributed by atoms with Crippen LogP contribution in [0.15, 0.2) is 24.3 Å². The molecule has 1 unspecified atom stereocenters. The highest BCUT2D eigenvalue weighted by atomic mass is 35.5. The molecule has 1 rings (SSSR count). The van der Waals surface area contributed by atoms with Crippen LogP contribution in [0, 0.1) is 5.82 Å². The average Bonchev–Trinajstić information content (AvgIpc) is 2.16. The standard InChI is InChI=1S/C12H20ClFSi2/c1-15(2,3)10-16(4,9-13)12-7-5-11(14)6-8-12/h5-8H,9-10H2,1-4H3. The molecule has 0 aromatic heterocycles. The first-order valence-electron chi connectivity index (χ1n) is 5.59. The highest BCUT2D eigenvalue weighted by molar-refractivity contribution is 7.04. The summed E-state index contributed by atoms with van der Waals surface area (Å²) >= 11 is 6.18. The Balaban J connectivity index is 3.00. The predicted octanol–water partition coefficient (Wildman–Crippen LogP) is 3.77. The molecule has 0 fully saturated rings. The fourth-order valence-electron chi connectivity index (χ4n) is 2.25. The molecule has 0 N–H and O–H groups in total. The summed E-state index contributed by atoms with van der Waals surface area (Å²) in [5, 5.41) is 1.28. The molecule has 0 amide bonds. The van der Waals surface area contributed by atoms with E-state index in [0.29, 0.717) is 0 Å². The Kier molecular flexibility index (Phi) is 4.38. The van der Waals surface area contributed by atoms with Gasteiger partial charge in [0.25, 0.3) is 0 Å². The van der Waals surface area contributed by atoms with Crippen LogP contribution in [0.4, 0.5) is 4.39 Å². The minimum absolute atomic E-state index is 0.164. The topological polar surface area (TPSA) is 0 Å². The van der Waals surface area contributed by atoms with Crippen molar-refractivity contribution in [3.63, 3.8) is 0 Å². The third kappa shape index (κ3) is 3.72. The molecule has 1 aromatic rings. The maximum atomic E-state index is 12.9. The van der Waals surface area contributed by atoms with Gasteiger partial charge in [-0.25, -0.2) is 4.39 Å². The SMILES string of the molecule is C[Si](C)(C)C[Si](C)(CCl)c1ccc(F)cc1. The summed E-state index contributed by atoms with van der Waals surface area (Å²) in [6, 6.07) is 6.95. The average molecular weight is 275 g/mol. The summed E-state index contributed by atoms with van der Waals surface area (Å²) in [6.45, 7) is 9.42. The Bertz CT molecular complexity index is 345. The number of hydrogen-bond acceptors (Lipinski definition) is 0. The molecule has 1 atom stereocenters. The van der Waals surface area contributed by atoms with Gasteiger partial charge in [0.15, 0.2) is 0 Å². The Labute approximate surface area is 105 Å². The molecular formula is C12H20ClFSi2. The Morgan fingerprint density at radius 1 is 1.06 bits per heavy atom. The van der Waals surface area contributed by atoms with E-state index in [1.807, 2.05) is 12.1 Å². The van der Waals surface area contributed by atoms with Gasteiger partial charge in [0.1, 0.15) is 5.82 Å². The maximum Gasteiger partial charge on any atom is 0.123 e. The highest BCUT2D eigenvalue weighted by Gasteiger charge is 2.34. The van der Waals surface area contributed by atoms with E-state index < -0.39 is 16.1 Å². The molecule has 0 aliphatic rings. The van der Waals surface area contributed by atoms with Crippen LogP contribution >= 0.6 is 11.6 Å². The number of halogens is 2. The van der Waals surface area contributed by atoms with E-state index in [-0.39, 0.29) is 5.82 Å². The first kappa shape index (κ1) is 13.9. The van der Waals surface area contributed by atoms with Crippen molar-refractivity contribution in [2.45, 2.75) is 31.9 Å². The van der Waals surface area contributed by atoms with Gasteiger partial charge in [-0.1, -0.05) is 49.2 Å². The van der Waals surface area contributed by atoms with E-state index in [0.717, 1.165) is 5.50 Å². The van der Waals surface area contributed by atoms with Crippen molar-refractivity contribution in [2.24, 2.45) is 0 Å². The number of alkyl halides is 1. The van der Waals surface area contributed by atoms with Crippen molar-refractivity contribution in [1.29, 1.82) is 0 Å². The molecule has 0 radical (unpaired) electrons. The van der Waals surface area contributed by atoms with Crippen molar-refractivity contribution in [2.75, 3.05) is 5.50 Å². The monoisotopic (exact) mass is 274 g/mol. The molecule has 1 aromatic carbocycles. The van der Waals surface area contributed by atoms with Crippen LogP contribution in [0.3, 0.4) is 0 Å². The largest absolute Gasteiger partial charge is 0.207 e. The van der Waals surface area contributed by atoms with Gasteiger partial charge in [-0.2, -0.15) is 0 Å². The van der Waals surface area contributed by atoms with Gasteiger partial charge in [0.2, 0.25) is 0 Å².